The van der Waals surface area contributed by atoms with Gasteiger partial charge in [0.25, 0.3) is 5.91 Å². The fourth-order valence-corrected chi connectivity index (χ4v) is 3.85. The minimum absolute atomic E-state index is 0.0239. The Hall–Kier alpha value is -4.27. The number of likely N-dealkylation sites (N-methyl/N-ethyl adjacent to an activating group) is 1. The Morgan fingerprint density at radius 3 is 2.15 bits per heavy atom. The molecule has 0 radical (unpaired) electrons. The zero-order chi connectivity index (χ0) is 23.4. The van der Waals surface area contributed by atoms with Gasteiger partial charge in [0.05, 0.1) is 12.1 Å². The highest BCUT2D eigenvalue weighted by atomic mass is 16.5. The summed E-state index contributed by atoms with van der Waals surface area (Å²) in [6.07, 6.45) is 1.99. The monoisotopic (exact) mass is 446 g/mol. The standard InChI is InChI=1S/C24H22N4O5/c1-28(13-22(29)30)23(31)15-10-25-21(26-11-15)12-27-24(32)33-14-20-18-8-4-2-6-16(18)17-7-3-5-9-19(17)20/h2-11,20H,12-14H2,1H3,(H,27,32)(H,29,30). The van der Waals surface area contributed by atoms with Gasteiger partial charge in [-0.1, -0.05) is 48.5 Å². The molecule has 33 heavy (non-hydrogen) atoms. The van der Waals surface area contributed by atoms with Crippen LogP contribution in [0, 0.1) is 0 Å². The van der Waals surface area contributed by atoms with Crippen LogP contribution in [0.3, 0.4) is 0 Å². The van der Waals surface area contributed by atoms with Crippen molar-refractivity contribution in [2.45, 2.75) is 12.5 Å². The number of nitrogens with one attached hydrogen (secondary N) is 1. The van der Waals surface area contributed by atoms with E-state index in [4.69, 9.17) is 9.84 Å². The van der Waals surface area contributed by atoms with Crippen LogP contribution in [0.25, 0.3) is 11.1 Å². The summed E-state index contributed by atoms with van der Waals surface area (Å²) >= 11 is 0. The molecule has 1 aromatic heterocycles. The lowest BCUT2D eigenvalue weighted by Gasteiger charge is -2.15. The second-order valence-electron chi connectivity index (χ2n) is 7.62. The van der Waals surface area contributed by atoms with Gasteiger partial charge in [-0.15, -0.1) is 0 Å². The Labute approximate surface area is 190 Å². The van der Waals surface area contributed by atoms with Gasteiger partial charge in [-0.05, 0) is 22.3 Å². The molecule has 0 atom stereocenters. The van der Waals surface area contributed by atoms with Gasteiger partial charge in [0.1, 0.15) is 19.0 Å². The molecular weight excluding hydrogens is 424 g/mol. The van der Waals surface area contributed by atoms with E-state index >= 15 is 0 Å². The number of carbonyl (C=O) groups excluding carboxylic acids is 2. The fourth-order valence-electron chi connectivity index (χ4n) is 3.85. The second kappa shape index (κ2) is 9.47. The third-order valence-electron chi connectivity index (χ3n) is 5.41. The number of fused-ring (bicyclic) bond motifs is 3. The van der Waals surface area contributed by atoms with Gasteiger partial charge in [0, 0.05) is 25.4 Å². The van der Waals surface area contributed by atoms with Gasteiger partial charge < -0.3 is 20.1 Å². The van der Waals surface area contributed by atoms with Gasteiger partial charge in [-0.2, -0.15) is 0 Å². The summed E-state index contributed by atoms with van der Waals surface area (Å²) < 4.78 is 5.47. The molecule has 4 rings (SSSR count). The topological polar surface area (TPSA) is 122 Å². The van der Waals surface area contributed by atoms with Crippen molar-refractivity contribution < 1.29 is 24.2 Å². The van der Waals surface area contributed by atoms with E-state index in [1.807, 2.05) is 36.4 Å². The molecule has 0 bridgehead atoms. The number of carbonyl (C=O) groups is 3. The third-order valence-corrected chi connectivity index (χ3v) is 5.41. The lowest BCUT2D eigenvalue weighted by molar-refractivity contribution is -0.137. The highest BCUT2D eigenvalue weighted by Gasteiger charge is 2.29. The van der Waals surface area contributed by atoms with Crippen molar-refractivity contribution in [3.8, 4) is 11.1 Å². The van der Waals surface area contributed by atoms with E-state index in [9.17, 15) is 14.4 Å². The molecule has 3 aromatic rings. The van der Waals surface area contributed by atoms with Crippen molar-refractivity contribution in [3.63, 3.8) is 0 Å². The fraction of sp³-hybridized carbons (Fsp3) is 0.208. The summed E-state index contributed by atoms with van der Waals surface area (Å²) in [5.74, 6) is -1.36. The van der Waals surface area contributed by atoms with E-state index in [2.05, 4.69) is 27.4 Å². The predicted octanol–water partition coefficient (Wildman–Crippen LogP) is 2.67. The van der Waals surface area contributed by atoms with Crippen LogP contribution in [0.1, 0.15) is 33.2 Å². The lowest BCUT2D eigenvalue weighted by atomic mass is 9.98. The number of hydrogen-bond acceptors (Lipinski definition) is 6. The molecule has 0 aliphatic heterocycles. The number of nitrogens with zero attached hydrogens (tertiary/aromatic N) is 3. The second-order valence-corrected chi connectivity index (χ2v) is 7.62. The van der Waals surface area contributed by atoms with Crippen molar-refractivity contribution in [1.29, 1.82) is 0 Å². The van der Waals surface area contributed by atoms with Crippen molar-refractivity contribution in [1.82, 2.24) is 20.2 Å². The van der Waals surface area contributed by atoms with E-state index in [0.717, 1.165) is 27.2 Å². The number of hydrogen-bond donors (Lipinski definition) is 2. The van der Waals surface area contributed by atoms with Crippen molar-refractivity contribution in [3.05, 3.63) is 83.4 Å². The van der Waals surface area contributed by atoms with Crippen molar-refractivity contribution >= 4 is 18.0 Å². The molecule has 0 unspecified atom stereocenters. The van der Waals surface area contributed by atoms with Crippen LogP contribution in [-0.2, 0) is 16.1 Å². The molecule has 2 N–H and O–H groups in total. The quantitative estimate of drug-likeness (QED) is 0.572. The van der Waals surface area contributed by atoms with Crippen LogP contribution in [0.5, 0.6) is 0 Å². The average Bonchev–Trinajstić information content (AvgIpc) is 3.14. The molecule has 1 heterocycles. The molecule has 0 fully saturated rings. The molecule has 168 valence electrons. The molecule has 2 amide bonds. The van der Waals surface area contributed by atoms with Gasteiger partial charge in [-0.25, -0.2) is 14.8 Å². The van der Waals surface area contributed by atoms with E-state index < -0.39 is 24.5 Å². The van der Waals surface area contributed by atoms with E-state index in [0.29, 0.717) is 5.82 Å². The highest BCUT2D eigenvalue weighted by Crippen LogP contribution is 2.44. The summed E-state index contributed by atoms with van der Waals surface area (Å²) in [4.78, 5) is 44.3. The van der Waals surface area contributed by atoms with Crippen LogP contribution in [-0.4, -0.2) is 58.1 Å². The molecule has 2 aromatic carbocycles. The lowest BCUT2D eigenvalue weighted by Crippen LogP contribution is -2.32. The number of amides is 2. The first-order valence-corrected chi connectivity index (χ1v) is 10.3. The molecular formula is C24H22N4O5. The van der Waals surface area contributed by atoms with Gasteiger partial charge in [0.15, 0.2) is 0 Å². The third kappa shape index (κ3) is 4.82. The van der Waals surface area contributed by atoms with E-state index in [1.54, 1.807) is 0 Å². The summed E-state index contributed by atoms with van der Waals surface area (Å²) in [6, 6.07) is 16.2. The molecule has 9 heteroatoms. The Morgan fingerprint density at radius 1 is 1.00 bits per heavy atom. The zero-order valence-corrected chi connectivity index (χ0v) is 17.9. The van der Waals surface area contributed by atoms with Crippen LogP contribution < -0.4 is 5.32 Å². The molecule has 0 spiro atoms. The minimum atomic E-state index is -1.12. The number of alkyl carbamates (subject to hydrolysis) is 1. The smallest absolute Gasteiger partial charge is 0.407 e. The first-order valence-electron chi connectivity index (χ1n) is 10.3. The average molecular weight is 446 g/mol. The Morgan fingerprint density at radius 2 is 1.58 bits per heavy atom. The van der Waals surface area contributed by atoms with Crippen LogP contribution in [0.2, 0.25) is 0 Å². The molecule has 1 aliphatic carbocycles. The highest BCUT2D eigenvalue weighted by molar-refractivity contribution is 5.95. The van der Waals surface area contributed by atoms with Gasteiger partial charge in [0.2, 0.25) is 0 Å². The summed E-state index contributed by atoms with van der Waals surface area (Å²) in [5, 5.41) is 11.4. The normalized spacial score (nSPS) is 11.9. The van der Waals surface area contributed by atoms with Gasteiger partial charge in [-0.3, -0.25) is 9.59 Å². The predicted molar refractivity (Wildman–Crippen MR) is 119 cm³/mol. The minimum Gasteiger partial charge on any atom is -0.480 e. The summed E-state index contributed by atoms with van der Waals surface area (Å²) in [7, 11) is 1.38. The Balaban J connectivity index is 1.32. The number of benzene rings is 2. The van der Waals surface area contributed by atoms with Crippen LogP contribution in [0.4, 0.5) is 4.79 Å². The van der Waals surface area contributed by atoms with Crippen molar-refractivity contribution in [2.75, 3.05) is 20.2 Å². The van der Waals surface area contributed by atoms with E-state index in [1.165, 1.54) is 19.4 Å². The molecule has 1 aliphatic rings. The summed E-state index contributed by atoms with van der Waals surface area (Å²) in [5.41, 5.74) is 4.72. The molecule has 0 saturated carbocycles. The maximum absolute atomic E-state index is 12.3. The Bertz CT molecular complexity index is 1150. The van der Waals surface area contributed by atoms with Crippen molar-refractivity contribution in [2.24, 2.45) is 0 Å². The number of carboxylic acids is 1. The number of aromatic nitrogens is 2. The molecule has 0 saturated heterocycles. The Kier molecular flexibility index (Phi) is 6.30. The molecule has 9 nitrogen and oxygen atoms in total. The van der Waals surface area contributed by atoms with E-state index in [-0.39, 0.29) is 24.6 Å². The summed E-state index contributed by atoms with van der Waals surface area (Å²) in [6.45, 7) is -0.204. The first kappa shape index (κ1) is 21.9. The maximum Gasteiger partial charge on any atom is 0.407 e. The number of ether oxygens (including phenoxy) is 1. The zero-order valence-electron chi connectivity index (χ0n) is 17.9. The largest absolute Gasteiger partial charge is 0.480 e. The van der Waals surface area contributed by atoms with Crippen LogP contribution in [0.15, 0.2) is 60.9 Å². The van der Waals surface area contributed by atoms with Gasteiger partial charge >= 0.3 is 12.1 Å². The number of carboxylic acid groups (broad SMARTS) is 1. The maximum atomic E-state index is 12.3. The first-order chi connectivity index (χ1) is 15.9. The number of rotatable bonds is 7. The SMILES string of the molecule is CN(CC(=O)O)C(=O)c1cnc(CNC(=O)OCC2c3ccccc3-c3ccccc32)nc1. The number of aliphatic carboxylic acids is 1. The van der Waals surface area contributed by atoms with Crippen LogP contribution >= 0.6 is 0 Å².